The molecule has 0 aliphatic rings. The van der Waals surface area contributed by atoms with E-state index < -0.39 is 5.91 Å². The van der Waals surface area contributed by atoms with Crippen LogP contribution in [0, 0.1) is 0 Å². The largest absolute Gasteiger partial charge is 0.366 e. The van der Waals surface area contributed by atoms with Gasteiger partial charge in [0.25, 0.3) is 0 Å². The molecule has 0 fully saturated rings. The number of hydrogen-bond acceptors (Lipinski definition) is 6. The molecular formula is C23H39N3O2S2. The molecule has 0 aliphatic carbocycles. The number of thioether (sulfide) groups is 1. The molecule has 170 valence electrons. The van der Waals surface area contributed by atoms with Gasteiger partial charge >= 0.3 is 0 Å². The van der Waals surface area contributed by atoms with Crippen LogP contribution in [0.3, 0.4) is 0 Å². The minimum Gasteiger partial charge on any atom is -0.366 e. The zero-order chi connectivity index (χ0) is 22.8. The molecule has 7 heteroatoms. The number of methoxy groups -OCH3 is 1. The summed E-state index contributed by atoms with van der Waals surface area (Å²) in [6.45, 7) is 9.68. The van der Waals surface area contributed by atoms with E-state index in [0.29, 0.717) is 6.73 Å². The van der Waals surface area contributed by atoms with Crippen LogP contribution >= 0.6 is 23.7 Å². The Morgan fingerprint density at radius 3 is 2.57 bits per heavy atom. The van der Waals surface area contributed by atoms with Gasteiger partial charge in [0.05, 0.1) is 15.6 Å². The molecule has 1 aromatic carbocycles. The van der Waals surface area contributed by atoms with Gasteiger partial charge in [-0.05, 0) is 43.2 Å². The Morgan fingerprint density at radius 2 is 2.00 bits per heavy atom. The van der Waals surface area contributed by atoms with Crippen molar-refractivity contribution in [3.63, 3.8) is 0 Å². The van der Waals surface area contributed by atoms with Gasteiger partial charge in [-0.3, -0.25) is 4.79 Å². The van der Waals surface area contributed by atoms with E-state index in [1.165, 1.54) is 23.2 Å². The van der Waals surface area contributed by atoms with Crippen molar-refractivity contribution in [3.8, 4) is 0 Å². The van der Waals surface area contributed by atoms with Crippen molar-refractivity contribution in [1.29, 1.82) is 0 Å². The summed E-state index contributed by atoms with van der Waals surface area (Å²) in [5.74, 6) is -0.465. The molecular weight excluding hydrogens is 414 g/mol. The summed E-state index contributed by atoms with van der Waals surface area (Å²) in [5, 5.41) is 3.34. The third-order valence-electron chi connectivity index (χ3n) is 3.90. The van der Waals surface area contributed by atoms with Crippen LogP contribution in [0.1, 0.15) is 58.9 Å². The number of primary amides is 1. The Kier molecular flexibility index (Phi) is 17.3. The van der Waals surface area contributed by atoms with Crippen molar-refractivity contribution in [2.75, 3.05) is 36.3 Å². The molecule has 0 saturated heterocycles. The van der Waals surface area contributed by atoms with E-state index in [-0.39, 0.29) is 0 Å². The molecule has 0 heterocycles. The zero-order valence-electron chi connectivity index (χ0n) is 19.4. The third kappa shape index (κ3) is 11.0. The van der Waals surface area contributed by atoms with Crippen molar-refractivity contribution in [1.82, 2.24) is 0 Å². The molecule has 0 saturated carbocycles. The van der Waals surface area contributed by atoms with Gasteiger partial charge in [-0.2, -0.15) is 0 Å². The van der Waals surface area contributed by atoms with Gasteiger partial charge in [-0.25, -0.2) is 0 Å². The maximum atomic E-state index is 11.2. The van der Waals surface area contributed by atoms with Crippen LogP contribution in [0.4, 0.5) is 11.4 Å². The Morgan fingerprint density at radius 1 is 1.27 bits per heavy atom. The maximum absolute atomic E-state index is 11.2. The molecule has 0 aliphatic heterocycles. The van der Waals surface area contributed by atoms with E-state index in [4.69, 9.17) is 10.5 Å². The molecule has 0 spiro atoms. The summed E-state index contributed by atoms with van der Waals surface area (Å²) >= 11 is 3.52. The van der Waals surface area contributed by atoms with Crippen molar-refractivity contribution < 1.29 is 9.53 Å². The Balaban J connectivity index is 0.00000407. The van der Waals surface area contributed by atoms with Crippen molar-refractivity contribution in [2.45, 2.75) is 53.4 Å². The van der Waals surface area contributed by atoms with Crippen LogP contribution in [0.5, 0.6) is 0 Å². The van der Waals surface area contributed by atoms with Gasteiger partial charge in [-0.1, -0.05) is 58.7 Å². The number of ether oxygens (including phenoxy) is 1. The minimum atomic E-state index is -0.465. The van der Waals surface area contributed by atoms with Gasteiger partial charge in [0, 0.05) is 25.3 Å². The van der Waals surface area contributed by atoms with Gasteiger partial charge in [0.1, 0.15) is 6.73 Å². The lowest BCUT2D eigenvalue weighted by Gasteiger charge is -2.27. The number of nitrogens with two attached hydrogens (primary N) is 1. The van der Waals surface area contributed by atoms with E-state index in [1.807, 2.05) is 26.0 Å². The normalized spacial score (nSPS) is 11.2. The van der Waals surface area contributed by atoms with E-state index in [1.54, 1.807) is 36.9 Å². The third-order valence-corrected chi connectivity index (χ3v) is 6.14. The lowest BCUT2D eigenvalue weighted by atomic mass is 10.1. The highest BCUT2D eigenvalue weighted by atomic mass is 32.2. The highest BCUT2D eigenvalue weighted by molar-refractivity contribution is 8.22. The van der Waals surface area contributed by atoms with Crippen molar-refractivity contribution in [2.24, 2.45) is 5.73 Å². The van der Waals surface area contributed by atoms with Crippen LogP contribution in [-0.2, 0) is 9.53 Å². The number of para-hydroxylation sites is 1. The fourth-order valence-electron chi connectivity index (χ4n) is 2.57. The number of rotatable bonds is 14. The first-order valence-corrected chi connectivity index (χ1v) is 12.6. The average molecular weight is 454 g/mol. The van der Waals surface area contributed by atoms with E-state index in [2.05, 4.69) is 41.9 Å². The predicted octanol–water partition coefficient (Wildman–Crippen LogP) is 6.49. The van der Waals surface area contributed by atoms with Crippen LogP contribution in [0.2, 0.25) is 0 Å². The van der Waals surface area contributed by atoms with Gasteiger partial charge < -0.3 is 20.1 Å². The molecule has 0 aromatic heterocycles. The monoisotopic (exact) mass is 453 g/mol. The lowest BCUT2D eigenvalue weighted by molar-refractivity contribution is -0.113. The van der Waals surface area contributed by atoms with Crippen LogP contribution in [-0.4, -0.2) is 32.5 Å². The highest BCUT2D eigenvalue weighted by Gasteiger charge is 2.16. The first kappa shape index (κ1) is 28.4. The van der Waals surface area contributed by atoms with Gasteiger partial charge in [0.2, 0.25) is 5.91 Å². The zero-order valence-corrected chi connectivity index (χ0v) is 21.0. The Hall–Kier alpha value is -1.57. The summed E-state index contributed by atoms with van der Waals surface area (Å²) in [6.07, 6.45) is 12.0. The molecule has 1 rings (SSSR count). The molecule has 0 unspecified atom stereocenters. The first-order valence-electron chi connectivity index (χ1n) is 10.6. The molecule has 3 N–H and O–H groups in total. The first-order chi connectivity index (χ1) is 14.6. The number of nitrogens with one attached hydrogen (secondary N) is 1. The van der Waals surface area contributed by atoms with E-state index >= 15 is 0 Å². The second-order valence-corrected chi connectivity index (χ2v) is 8.29. The molecule has 0 bridgehead atoms. The smallest absolute Gasteiger partial charge is 0.241 e. The number of nitrogens with zero attached hydrogens (tertiary/aromatic N) is 1. The fraction of sp³-hybridized carbons (Fsp3) is 0.522. The summed E-state index contributed by atoms with van der Waals surface area (Å²) in [4.78, 5) is 11.2. The molecule has 30 heavy (non-hydrogen) atoms. The average Bonchev–Trinajstić information content (AvgIpc) is 2.76. The quantitative estimate of drug-likeness (QED) is 0.145. The van der Waals surface area contributed by atoms with Crippen molar-refractivity contribution in [3.05, 3.63) is 40.2 Å². The second kappa shape index (κ2) is 18.2. The molecule has 0 radical (unpaired) electrons. The molecule has 5 nitrogen and oxygen atoms in total. The molecule has 0 atom stereocenters. The minimum absolute atomic E-state index is 0.377. The van der Waals surface area contributed by atoms with Crippen LogP contribution in [0.15, 0.2) is 34.6 Å². The lowest BCUT2D eigenvalue weighted by Crippen LogP contribution is -2.19. The summed E-state index contributed by atoms with van der Waals surface area (Å²) in [7, 11) is 1.65. The number of hydrogen-bond donors (Lipinski definition) is 2. The second-order valence-electron chi connectivity index (χ2n) is 6.12. The van der Waals surface area contributed by atoms with E-state index in [9.17, 15) is 4.79 Å². The molecule has 1 amide bonds. The van der Waals surface area contributed by atoms with E-state index in [0.717, 1.165) is 36.3 Å². The predicted molar refractivity (Wildman–Crippen MR) is 138 cm³/mol. The standard InChI is InChI=1S/C21H33N3O2S2.C2H6/c1-5-7-8-15-24(28-20(27-4)10-6-2)18-12-9-11-17(13-14-19(22)25)21(18)23-16-26-3;1-2/h9-14,23H,5-8,15-16H2,1-4H3,(H2,22,25);1-2H3/b14-13+,20-10+;. The number of allylic oxidation sites excluding steroid dienone is 1. The summed E-state index contributed by atoms with van der Waals surface area (Å²) < 4.78 is 8.83. The number of carbonyl (C=O) groups excluding carboxylic acids is 1. The fourth-order valence-corrected chi connectivity index (χ4v) is 4.40. The van der Waals surface area contributed by atoms with Crippen LogP contribution in [0.25, 0.3) is 6.08 Å². The Bertz CT molecular complexity index is 664. The number of benzene rings is 1. The molecule has 1 aromatic rings. The Labute approximate surface area is 192 Å². The maximum Gasteiger partial charge on any atom is 0.241 e. The number of carbonyl (C=O) groups is 1. The van der Waals surface area contributed by atoms with Crippen LogP contribution < -0.4 is 15.4 Å². The van der Waals surface area contributed by atoms with Gasteiger partial charge in [0.15, 0.2) is 0 Å². The SMILES string of the molecule is CC.CC/C=C(\SC)SN(CCCCC)c1cccc(/C=C/C(N)=O)c1NCOC. The summed E-state index contributed by atoms with van der Waals surface area (Å²) in [5.41, 5.74) is 8.20. The highest BCUT2D eigenvalue weighted by Crippen LogP contribution is 2.39. The number of amides is 1. The number of unbranched alkanes of at least 4 members (excludes halogenated alkanes) is 2. The number of anilines is 2. The van der Waals surface area contributed by atoms with Gasteiger partial charge in [-0.15, -0.1) is 11.8 Å². The topological polar surface area (TPSA) is 67.6 Å². The summed E-state index contributed by atoms with van der Waals surface area (Å²) in [6, 6.07) is 6.07. The van der Waals surface area contributed by atoms with Crippen molar-refractivity contribution >= 4 is 47.1 Å².